The van der Waals surface area contributed by atoms with Gasteiger partial charge in [-0.1, -0.05) is 36.4 Å². The molecule has 2 aromatic carbocycles. The van der Waals surface area contributed by atoms with Gasteiger partial charge in [-0.15, -0.1) is 0 Å². The summed E-state index contributed by atoms with van der Waals surface area (Å²) in [6.07, 6.45) is 3.62. The van der Waals surface area contributed by atoms with Crippen LogP contribution in [0.3, 0.4) is 0 Å². The number of ether oxygens (including phenoxy) is 2. The Morgan fingerprint density at radius 1 is 0.964 bits per heavy atom. The average molecular weight is 394 g/mol. The normalized spacial score (nSPS) is 10.2. The summed E-state index contributed by atoms with van der Waals surface area (Å²) in [6.45, 7) is 1.33. The minimum absolute atomic E-state index is 0.608. The Bertz CT molecular complexity index is 863. The molecule has 0 spiro atoms. The molecule has 0 aliphatic heterocycles. The van der Waals surface area contributed by atoms with Gasteiger partial charge in [-0.05, 0) is 41.5 Å². The third-order valence-electron chi connectivity index (χ3n) is 4.25. The van der Waals surface area contributed by atoms with Gasteiger partial charge in [0.15, 0.2) is 5.11 Å². The Labute approximate surface area is 170 Å². The highest BCUT2D eigenvalue weighted by Gasteiger charge is 2.14. The van der Waals surface area contributed by atoms with E-state index in [4.69, 9.17) is 21.7 Å². The van der Waals surface area contributed by atoms with Crippen LogP contribution in [0.1, 0.15) is 11.1 Å². The lowest BCUT2D eigenvalue weighted by atomic mass is 10.2. The number of hydrogen-bond donors (Lipinski definition) is 1. The number of pyridine rings is 1. The number of hydrogen-bond acceptors (Lipinski definition) is 4. The zero-order valence-corrected chi connectivity index (χ0v) is 16.8. The molecule has 1 aromatic heterocycles. The van der Waals surface area contributed by atoms with E-state index in [0.29, 0.717) is 24.0 Å². The van der Waals surface area contributed by atoms with Gasteiger partial charge in [0, 0.05) is 31.5 Å². The van der Waals surface area contributed by atoms with E-state index < -0.39 is 0 Å². The molecule has 0 atom stereocenters. The molecule has 3 aromatic rings. The Kier molecular flexibility index (Phi) is 6.81. The Hall–Kier alpha value is -3.12. The number of thiocarbonyl (C=S) groups is 1. The highest BCUT2D eigenvalue weighted by Crippen LogP contribution is 2.29. The van der Waals surface area contributed by atoms with Crippen molar-refractivity contribution < 1.29 is 9.47 Å². The standard InChI is InChI=1S/C22H23N3O2S/c1-26-19-10-11-20(21(13-19)27-2)24-22(28)25(15-17-7-4-3-5-8-17)16-18-9-6-12-23-14-18/h3-14H,15-16H2,1-2H3,(H,24,28). The Balaban J connectivity index is 1.81. The Morgan fingerprint density at radius 2 is 1.71 bits per heavy atom. The van der Waals surface area contributed by atoms with Crippen molar-refractivity contribution in [1.29, 1.82) is 0 Å². The molecule has 1 N–H and O–H groups in total. The van der Waals surface area contributed by atoms with Crippen molar-refractivity contribution in [2.24, 2.45) is 0 Å². The maximum Gasteiger partial charge on any atom is 0.174 e. The van der Waals surface area contributed by atoms with Crippen LogP contribution in [0.5, 0.6) is 11.5 Å². The molecule has 0 aliphatic rings. The highest BCUT2D eigenvalue weighted by atomic mass is 32.1. The second-order valence-corrected chi connectivity index (χ2v) is 6.59. The second kappa shape index (κ2) is 9.71. The maximum absolute atomic E-state index is 5.73. The van der Waals surface area contributed by atoms with Crippen LogP contribution >= 0.6 is 12.2 Å². The molecule has 3 rings (SSSR count). The van der Waals surface area contributed by atoms with Crippen molar-refractivity contribution in [3.8, 4) is 11.5 Å². The summed E-state index contributed by atoms with van der Waals surface area (Å²) in [7, 11) is 3.25. The van der Waals surface area contributed by atoms with Gasteiger partial charge in [0.05, 0.1) is 19.9 Å². The van der Waals surface area contributed by atoms with Crippen molar-refractivity contribution in [3.05, 3.63) is 84.2 Å². The van der Waals surface area contributed by atoms with Gasteiger partial charge >= 0.3 is 0 Å². The summed E-state index contributed by atoms with van der Waals surface area (Å²) in [5.74, 6) is 1.40. The Morgan fingerprint density at radius 3 is 2.39 bits per heavy atom. The monoisotopic (exact) mass is 393 g/mol. The molecule has 0 saturated carbocycles. The third-order valence-corrected chi connectivity index (χ3v) is 4.61. The number of nitrogens with one attached hydrogen (secondary N) is 1. The summed E-state index contributed by atoms with van der Waals surface area (Å²) in [5.41, 5.74) is 3.05. The SMILES string of the molecule is COc1ccc(NC(=S)N(Cc2ccccc2)Cc2cccnc2)c(OC)c1. The molecule has 28 heavy (non-hydrogen) atoms. The fraction of sp³-hybridized carbons (Fsp3) is 0.182. The fourth-order valence-electron chi connectivity index (χ4n) is 2.81. The lowest BCUT2D eigenvalue weighted by Gasteiger charge is -2.26. The zero-order chi connectivity index (χ0) is 19.8. The van der Waals surface area contributed by atoms with Crippen molar-refractivity contribution in [1.82, 2.24) is 9.88 Å². The first-order chi connectivity index (χ1) is 13.7. The van der Waals surface area contributed by atoms with Crippen LogP contribution in [0, 0.1) is 0 Å². The topological polar surface area (TPSA) is 46.6 Å². The molecular weight excluding hydrogens is 370 g/mol. The van der Waals surface area contributed by atoms with Gasteiger partial charge in [0.1, 0.15) is 11.5 Å². The van der Waals surface area contributed by atoms with Gasteiger partial charge in [-0.3, -0.25) is 4.98 Å². The predicted octanol–water partition coefficient (Wildman–Crippen LogP) is 4.50. The molecular formula is C22H23N3O2S. The molecule has 0 saturated heterocycles. The third kappa shape index (κ3) is 5.20. The molecule has 0 unspecified atom stereocenters. The van der Waals surface area contributed by atoms with Crippen LogP contribution in [-0.4, -0.2) is 29.2 Å². The molecule has 0 fully saturated rings. The summed E-state index contributed by atoms with van der Waals surface area (Å²) >= 11 is 5.73. The summed E-state index contributed by atoms with van der Waals surface area (Å²) in [4.78, 5) is 6.31. The van der Waals surface area contributed by atoms with E-state index in [-0.39, 0.29) is 0 Å². The van der Waals surface area contributed by atoms with Gasteiger partial charge < -0.3 is 19.7 Å². The summed E-state index contributed by atoms with van der Waals surface area (Å²) in [5, 5.41) is 3.92. The fourth-order valence-corrected chi connectivity index (χ4v) is 3.05. The molecule has 144 valence electrons. The van der Waals surface area contributed by atoms with Crippen molar-refractivity contribution in [2.45, 2.75) is 13.1 Å². The maximum atomic E-state index is 5.73. The summed E-state index contributed by atoms with van der Waals surface area (Å²) < 4.78 is 10.7. The van der Waals surface area contributed by atoms with Crippen LogP contribution in [0.25, 0.3) is 0 Å². The van der Waals surface area contributed by atoms with Gasteiger partial charge in [-0.2, -0.15) is 0 Å². The molecule has 0 aliphatic carbocycles. The molecule has 0 bridgehead atoms. The number of anilines is 1. The zero-order valence-electron chi connectivity index (χ0n) is 16.0. The number of benzene rings is 2. The van der Waals surface area contributed by atoms with E-state index in [1.54, 1.807) is 20.4 Å². The lowest BCUT2D eigenvalue weighted by Crippen LogP contribution is -2.34. The second-order valence-electron chi connectivity index (χ2n) is 6.20. The van der Waals surface area contributed by atoms with E-state index in [9.17, 15) is 0 Å². The first-order valence-electron chi connectivity index (χ1n) is 8.90. The van der Waals surface area contributed by atoms with Crippen molar-refractivity contribution in [2.75, 3.05) is 19.5 Å². The first-order valence-corrected chi connectivity index (χ1v) is 9.31. The van der Waals surface area contributed by atoms with E-state index in [2.05, 4.69) is 27.3 Å². The smallest absolute Gasteiger partial charge is 0.174 e. The van der Waals surface area contributed by atoms with Gasteiger partial charge in [0.2, 0.25) is 0 Å². The van der Waals surface area contributed by atoms with Crippen LogP contribution in [-0.2, 0) is 13.1 Å². The average Bonchev–Trinajstić information content (AvgIpc) is 2.75. The molecule has 6 heteroatoms. The molecule has 5 nitrogen and oxygen atoms in total. The lowest BCUT2D eigenvalue weighted by molar-refractivity contribution is 0.394. The number of rotatable bonds is 7. The van der Waals surface area contributed by atoms with Crippen molar-refractivity contribution >= 4 is 23.0 Å². The van der Waals surface area contributed by atoms with Crippen LogP contribution < -0.4 is 14.8 Å². The van der Waals surface area contributed by atoms with E-state index in [1.807, 2.05) is 54.7 Å². The predicted molar refractivity (Wildman–Crippen MR) is 116 cm³/mol. The number of methoxy groups -OCH3 is 2. The van der Waals surface area contributed by atoms with Gasteiger partial charge in [0.25, 0.3) is 0 Å². The summed E-state index contributed by atoms with van der Waals surface area (Å²) in [6, 6.07) is 19.8. The van der Waals surface area contributed by atoms with E-state index >= 15 is 0 Å². The van der Waals surface area contributed by atoms with Crippen molar-refractivity contribution in [3.63, 3.8) is 0 Å². The van der Waals surface area contributed by atoms with E-state index in [1.165, 1.54) is 5.56 Å². The quantitative estimate of drug-likeness (QED) is 0.597. The molecule has 0 radical (unpaired) electrons. The van der Waals surface area contributed by atoms with Gasteiger partial charge in [-0.25, -0.2) is 0 Å². The number of nitrogens with zero attached hydrogens (tertiary/aromatic N) is 2. The molecule has 1 heterocycles. The van der Waals surface area contributed by atoms with Crippen LogP contribution in [0.2, 0.25) is 0 Å². The molecule has 0 amide bonds. The minimum atomic E-state index is 0.608. The van der Waals surface area contributed by atoms with E-state index in [0.717, 1.165) is 17.0 Å². The van der Waals surface area contributed by atoms with Crippen LogP contribution in [0.15, 0.2) is 73.1 Å². The largest absolute Gasteiger partial charge is 0.497 e. The first kappa shape index (κ1) is 19.6. The minimum Gasteiger partial charge on any atom is -0.497 e. The number of aromatic nitrogens is 1. The highest BCUT2D eigenvalue weighted by molar-refractivity contribution is 7.80. The van der Waals surface area contributed by atoms with Crippen LogP contribution in [0.4, 0.5) is 5.69 Å².